The summed E-state index contributed by atoms with van der Waals surface area (Å²) < 4.78 is 5.21. The lowest BCUT2D eigenvalue weighted by Crippen LogP contribution is -2.17. The van der Waals surface area contributed by atoms with Gasteiger partial charge in [0.05, 0.1) is 18.4 Å². The summed E-state index contributed by atoms with van der Waals surface area (Å²) >= 11 is 0. The number of carbonyl (C=O) groups is 2. The van der Waals surface area contributed by atoms with E-state index in [2.05, 4.69) is 10.6 Å². The molecule has 0 bridgehead atoms. The Hall–Kier alpha value is -3.60. The molecule has 2 N–H and O–H groups in total. The smallest absolute Gasteiger partial charge is 0.255 e. The van der Waals surface area contributed by atoms with E-state index in [0.717, 1.165) is 22.4 Å². The van der Waals surface area contributed by atoms with Gasteiger partial charge in [-0.15, -0.1) is 0 Å². The molecule has 27 heavy (non-hydrogen) atoms. The van der Waals surface area contributed by atoms with E-state index in [0.29, 0.717) is 23.4 Å². The number of fused-ring (bicyclic) bond motifs is 1. The predicted molar refractivity (Wildman–Crippen MR) is 104 cm³/mol. The number of ether oxygens (including phenoxy) is 1. The van der Waals surface area contributed by atoms with E-state index in [1.807, 2.05) is 36.4 Å². The molecule has 0 spiro atoms. The van der Waals surface area contributed by atoms with Crippen LogP contribution in [-0.4, -0.2) is 18.9 Å². The maximum Gasteiger partial charge on any atom is 0.255 e. The molecule has 1 aliphatic rings. The van der Waals surface area contributed by atoms with Crippen LogP contribution in [0, 0.1) is 0 Å². The van der Waals surface area contributed by atoms with Crippen LogP contribution in [0.2, 0.25) is 0 Å². The first-order valence-electron chi connectivity index (χ1n) is 8.62. The SMILES string of the molecule is COc1ccc(-c2ccc(NC(=O)c3ccccc3)c3c2CNC3=O)cc1. The number of nitrogens with one attached hydrogen (secondary N) is 2. The van der Waals surface area contributed by atoms with Crippen molar-refractivity contribution in [2.75, 3.05) is 12.4 Å². The third kappa shape index (κ3) is 3.15. The minimum absolute atomic E-state index is 0.177. The fraction of sp³-hybridized carbons (Fsp3) is 0.0909. The maximum atomic E-state index is 12.5. The molecule has 0 fully saturated rings. The zero-order valence-corrected chi connectivity index (χ0v) is 14.8. The molecule has 0 aromatic heterocycles. The van der Waals surface area contributed by atoms with Gasteiger partial charge < -0.3 is 15.4 Å². The number of amides is 2. The molecule has 0 radical (unpaired) electrons. The van der Waals surface area contributed by atoms with Crippen molar-refractivity contribution in [3.8, 4) is 16.9 Å². The summed E-state index contributed by atoms with van der Waals surface area (Å²) in [6.45, 7) is 0.435. The Morgan fingerprint density at radius 2 is 1.74 bits per heavy atom. The summed E-state index contributed by atoms with van der Waals surface area (Å²) in [5.41, 5.74) is 4.42. The first-order chi connectivity index (χ1) is 13.2. The summed E-state index contributed by atoms with van der Waals surface area (Å²) in [6.07, 6.45) is 0. The van der Waals surface area contributed by atoms with Crippen LogP contribution in [0.1, 0.15) is 26.3 Å². The maximum absolute atomic E-state index is 12.5. The van der Waals surface area contributed by atoms with E-state index < -0.39 is 0 Å². The van der Waals surface area contributed by atoms with Gasteiger partial charge in [0.25, 0.3) is 11.8 Å². The zero-order valence-electron chi connectivity index (χ0n) is 14.8. The lowest BCUT2D eigenvalue weighted by atomic mass is 9.95. The number of anilines is 1. The van der Waals surface area contributed by atoms with Gasteiger partial charge in [0.2, 0.25) is 0 Å². The van der Waals surface area contributed by atoms with Gasteiger partial charge in [-0.3, -0.25) is 9.59 Å². The van der Waals surface area contributed by atoms with Crippen LogP contribution in [-0.2, 0) is 6.54 Å². The van der Waals surface area contributed by atoms with E-state index in [1.54, 1.807) is 37.4 Å². The molecular weight excluding hydrogens is 340 g/mol. The quantitative estimate of drug-likeness (QED) is 0.744. The molecule has 5 nitrogen and oxygen atoms in total. The first-order valence-corrected chi connectivity index (χ1v) is 8.62. The number of carbonyl (C=O) groups excluding carboxylic acids is 2. The first kappa shape index (κ1) is 16.8. The van der Waals surface area contributed by atoms with Crippen molar-refractivity contribution in [3.05, 3.63) is 83.4 Å². The van der Waals surface area contributed by atoms with Gasteiger partial charge >= 0.3 is 0 Å². The van der Waals surface area contributed by atoms with Crippen LogP contribution in [0.25, 0.3) is 11.1 Å². The van der Waals surface area contributed by atoms with Gasteiger partial charge in [0.1, 0.15) is 5.75 Å². The second-order valence-corrected chi connectivity index (χ2v) is 6.25. The van der Waals surface area contributed by atoms with Crippen molar-refractivity contribution < 1.29 is 14.3 Å². The summed E-state index contributed by atoms with van der Waals surface area (Å²) in [7, 11) is 1.62. The van der Waals surface area contributed by atoms with Crippen molar-refractivity contribution in [1.82, 2.24) is 5.32 Å². The van der Waals surface area contributed by atoms with Crippen molar-refractivity contribution >= 4 is 17.5 Å². The van der Waals surface area contributed by atoms with Gasteiger partial charge in [0.15, 0.2) is 0 Å². The number of hydrogen-bond donors (Lipinski definition) is 2. The van der Waals surface area contributed by atoms with E-state index in [9.17, 15) is 9.59 Å². The highest BCUT2D eigenvalue weighted by Crippen LogP contribution is 2.34. The standard InChI is InChI=1S/C22H18N2O3/c1-27-16-9-7-14(8-10-16)17-11-12-19(20-18(17)13-23-22(20)26)24-21(25)15-5-3-2-4-6-15/h2-12H,13H2,1H3,(H,23,26)(H,24,25). The van der Waals surface area contributed by atoms with Gasteiger partial charge in [-0.1, -0.05) is 36.4 Å². The van der Waals surface area contributed by atoms with Crippen LogP contribution < -0.4 is 15.4 Å². The third-order valence-corrected chi connectivity index (χ3v) is 4.65. The lowest BCUT2D eigenvalue weighted by Gasteiger charge is -2.13. The number of hydrogen-bond acceptors (Lipinski definition) is 3. The number of methoxy groups -OCH3 is 1. The molecule has 0 atom stereocenters. The Balaban J connectivity index is 1.72. The summed E-state index contributed by atoms with van der Waals surface area (Å²) in [6, 6.07) is 20.3. The number of rotatable bonds is 4. The highest BCUT2D eigenvalue weighted by Gasteiger charge is 2.26. The van der Waals surface area contributed by atoms with Crippen molar-refractivity contribution in [1.29, 1.82) is 0 Å². The van der Waals surface area contributed by atoms with Crippen LogP contribution in [0.15, 0.2) is 66.7 Å². The molecule has 1 aliphatic heterocycles. The van der Waals surface area contributed by atoms with Gasteiger partial charge in [-0.25, -0.2) is 0 Å². The fourth-order valence-electron chi connectivity index (χ4n) is 3.28. The second-order valence-electron chi connectivity index (χ2n) is 6.25. The minimum atomic E-state index is -0.241. The summed E-state index contributed by atoms with van der Waals surface area (Å²) in [4.78, 5) is 24.9. The largest absolute Gasteiger partial charge is 0.497 e. The van der Waals surface area contributed by atoms with Crippen LogP contribution >= 0.6 is 0 Å². The van der Waals surface area contributed by atoms with Gasteiger partial charge in [-0.2, -0.15) is 0 Å². The molecule has 0 unspecified atom stereocenters. The number of benzene rings is 3. The molecule has 0 saturated heterocycles. The molecule has 4 rings (SSSR count). The fourth-order valence-corrected chi connectivity index (χ4v) is 3.28. The normalized spacial score (nSPS) is 12.3. The topological polar surface area (TPSA) is 67.4 Å². The molecule has 1 heterocycles. The van der Waals surface area contributed by atoms with Crippen LogP contribution in [0.5, 0.6) is 5.75 Å². The van der Waals surface area contributed by atoms with Crippen molar-refractivity contribution in [2.45, 2.75) is 6.54 Å². The van der Waals surface area contributed by atoms with E-state index in [-0.39, 0.29) is 11.8 Å². The average Bonchev–Trinajstić information content (AvgIpc) is 3.11. The molecule has 3 aromatic carbocycles. The summed E-state index contributed by atoms with van der Waals surface area (Å²) in [5.74, 6) is 0.356. The molecule has 0 aliphatic carbocycles. The minimum Gasteiger partial charge on any atom is -0.497 e. The molecule has 134 valence electrons. The Bertz CT molecular complexity index is 1010. The van der Waals surface area contributed by atoms with Crippen LogP contribution in [0.4, 0.5) is 5.69 Å². The summed E-state index contributed by atoms with van der Waals surface area (Å²) in [5, 5.41) is 5.72. The molecule has 0 saturated carbocycles. The van der Waals surface area contributed by atoms with Crippen molar-refractivity contribution in [3.63, 3.8) is 0 Å². The Morgan fingerprint density at radius 3 is 2.44 bits per heavy atom. The average molecular weight is 358 g/mol. The predicted octanol–water partition coefficient (Wildman–Crippen LogP) is 3.86. The molecule has 5 heteroatoms. The Morgan fingerprint density at radius 1 is 1.00 bits per heavy atom. The van der Waals surface area contributed by atoms with E-state index in [4.69, 9.17) is 4.74 Å². The van der Waals surface area contributed by atoms with Crippen molar-refractivity contribution in [2.24, 2.45) is 0 Å². The third-order valence-electron chi connectivity index (χ3n) is 4.65. The van der Waals surface area contributed by atoms with Gasteiger partial charge in [-0.05, 0) is 47.0 Å². The lowest BCUT2D eigenvalue weighted by molar-refractivity contribution is 0.0966. The zero-order chi connectivity index (χ0) is 18.8. The Kier molecular flexibility index (Phi) is 4.34. The van der Waals surface area contributed by atoms with E-state index >= 15 is 0 Å². The molecule has 2 amide bonds. The van der Waals surface area contributed by atoms with E-state index in [1.165, 1.54) is 0 Å². The highest BCUT2D eigenvalue weighted by atomic mass is 16.5. The second kappa shape index (κ2) is 6.96. The Labute approximate surface area is 157 Å². The van der Waals surface area contributed by atoms with Gasteiger partial charge in [0, 0.05) is 12.1 Å². The molecule has 3 aromatic rings. The monoisotopic (exact) mass is 358 g/mol. The molecular formula is C22H18N2O3. The van der Waals surface area contributed by atoms with Crippen LogP contribution in [0.3, 0.4) is 0 Å². The highest BCUT2D eigenvalue weighted by molar-refractivity contribution is 6.11.